The minimum Gasteiger partial charge on any atom is -0.481 e. The second-order valence-corrected chi connectivity index (χ2v) is 2.64. The van der Waals surface area contributed by atoms with Gasteiger partial charge in [0.1, 0.15) is 11.7 Å². The third kappa shape index (κ3) is 5.50. The molecule has 0 fully saturated rings. The molecule has 68 valence electrons. The Bertz CT molecular complexity index is 142. The molecule has 0 aromatic heterocycles. The first-order valence-electron chi connectivity index (χ1n) is 3.82. The molecule has 12 heavy (non-hydrogen) atoms. The normalized spacial score (nSPS) is 11.5. The van der Waals surface area contributed by atoms with Crippen LogP contribution in [0, 0.1) is 5.92 Å². The SMILES string of the molecule is CCCCC(C(C)=O)C(=O)O.[Ti]. The number of carbonyl (C=O) groups is 2. The van der Waals surface area contributed by atoms with Gasteiger partial charge in [0.15, 0.2) is 0 Å². The van der Waals surface area contributed by atoms with E-state index >= 15 is 0 Å². The summed E-state index contributed by atoms with van der Waals surface area (Å²) in [6, 6.07) is 0. The van der Waals surface area contributed by atoms with Crippen molar-refractivity contribution in [2.75, 3.05) is 0 Å². The van der Waals surface area contributed by atoms with Gasteiger partial charge in [0.25, 0.3) is 0 Å². The van der Waals surface area contributed by atoms with E-state index < -0.39 is 11.9 Å². The molecule has 0 aromatic carbocycles. The van der Waals surface area contributed by atoms with Crippen molar-refractivity contribution in [3.63, 3.8) is 0 Å². The number of hydrogen-bond acceptors (Lipinski definition) is 2. The van der Waals surface area contributed by atoms with E-state index in [1.165, 1.54) is 6.92 Å². The van der Waals surface area contributed by atoms with Gasteiger partial charge in [-0.3, -0.25) is 9.59 Å². The van der Waals surface area contributed by atoms with Gasteiger partial charge in [-0.25, -0.2) is 0 Å². The molecule has 0 aromatic rings. The standard InChI is InChI=1S/C8H14O3.Ti/c1-3-4-5-7(6(2)9)8(10)11;/h7H,3-5H2,1-2H3,(H,10,11);. The summed E-state index contributed by atoms with van der Waals surface area (Å²) in [4.78, 5) is 21.1. The van der Waals surface area contributed by atoms with Crippen LogP contribution in [0.25, 0.3) is 0 Å². The topological polar surface area (TPSA) is 54.4 Å². The Kier molecular flexibility index (Phi) is 8.99. The van der Waals surface area contributed by atoms with Gasteiger partial charge in [-0.15, -0.1) is 0 Å². The number of carboxylic acids is 1. The maximum atomic E-state index is 10.7. The summed E-state index contributed by atoms with van der Waals surface area (Å²) in [5.74, 6) is -2.02. The van der Waals surface area contributed by atoms with Gasteiger partial charge in [0.2, 0.25) is 0 Å². The van der Waals surface area contributed by atoms with Crippen LogP contribution in [0.15, 0.2) is 0 Å². The molecule has 4 heteroatoms. The molecule has 3 nitrogen and oxygen atoms in total. The minimum atomic E-state index is -0.994. The van der Waals surface area contributed by atoms with Crippen molar-refractivity contribution < 1.29 is 36.4 Å². The first kappa shape index (κ1) is 14.4. The summed E-state index contributed by atoms with van der Waals surface area (Å²) in [7, 11) is 0. The Morgan fingerprint density at radius 1 is 1.42 bits per heavy atom. The van der Waals surface area contributed by atoms with Crippen LogP contribution in [0.5, 0.6) is 0 Å². The molecule has 1 atom stereocenters. The zero-order valence-corrected chi connectivity index (χ0v) is 9.02. The van der Waals surface area contributed by atoms with Crippen molar-refractivity contribution in [3.8, 4) is 0 Å². The minimum absolute atomic E-state index is 0. The van der Waals surface area contributed by atoms with Gasteiger partial charge in [0, 0.05) is 21.7 Å². The fraction of sp³-hybridized carbons (Fsp3) is 0.750. The van der Waals surface area contributed by atoms with E-state index in [0.717, 1.165) is 12.8 Å². The molecular formula is C8H14O3Ti. The largest absolute Gasteiger partial charge is 0.481 e. The molecule has 1 unspecified atom stereocenters. The Morgan fingerprint density at radius 2 is 1.92 bits per heavy atom. The fourth-order valence-electron chi connectivity index (χ4n) is 0.909. The van der Waals surface area contributed by atoms with Crippen LogP contribution >= 0.6 is 0 Å². The van der Waals surface area contributed by atoms with Crippen LogP contribution in [-0.2, 0) is 31.3 Å². The van der Waals surface area contributed by atoms with Crippen LogP contribution in [0.4, 0.5) is 0 Å². The van der Waals surface area contributed by atoms with E-state index in [1.807, 2.05) is 6.92 Å². The average Bonchev–Trinajstić information content (AvgIpc) is 1.87. The molecular weight excluding hydrogens is 192 g/mol. The molecule has 0 spiro atoms. The third-order valence-electron chi connectivity index (χ3n) is 1.64. The average molecular weight is 206 g/mol. The Labute approximate surface area is 87.4 Å². The van der Waals surface area contributed by atoms with E-state index in [9.17, 15) is 9.59 Å². The fourth-order valence-corrected chi connectivity index (χ4v) is 0.909. The molecule has 0 bridgehead atoms. The second-order valence-electron chi connectivity index (χ2n) is 2.64. The molecule has 0 aliphatic carbocycles. The molecule has 0 saturated carbocycles. The van der Waals surface area contributed by atoms with E-state index in [2.05, 4.69) is 0 Å². The Balaban J connectivity index is 0. The number of hydrogen-bond donors (Lipinski definition) is 1. The van der Waals surface area contributed by atoms with E-state index in [4.69, 9.17) is 5.11 Å². The van der Waals surface area contributed by atoms with Crippen LogP contribution in [-0.4, -0.2) is 16.9 Å². The van der Waals surface area contributed by atoms with Crippen LogP contribution in [0.1, 0.15) is 33.1 Å². The molecule has 0 rings (SSSR count). The quantitative estimate of drug-likeness (QED) is 0.547. The predicted octanol–water partition coefficient (Wildman–Crippen LogP) is 1.46. The van der Waals surface area contributed by atoms with E-state index in [0.29, 0.717) is 6.42 Å². The van der Waals surface area contributed by atoms with E-state index in [1.54, 1.807) is 0 Å². The number of rotatable bonds is 5. The number of ketones is 1. The van der Waals surface area contributed by atoms with Crippen LogP contribution < -0.4 is 0 Å². The molecule has 0 aliphatic heterocycles. The van der Waals surface area contributed by atoms with Gasteiger partial charge in [-0.1, -0.05) is 19.8 Å². The summed E-state index contributed by atoms with van der Waals surface area (Å²) in [5.41, 5.74) is 0. The summed E-state index contributed by atoms with van der Waals surface area (Å²) in [6.07, 6.45) is 2.20. The van der Waals surface area contributed by atoms with Crippen molar-refractivity contribution in [3.05, 3.63) is 0 Å². The van der Waals surface area contributed by atoms with E-state index in [-0.39, 0.29) is 27.5 Å². The Morgan fingerprint density at radius 3 is 2.17 bits per heavy atom. The number of carboxylic acid groups (broad SMARTS) is 1. The van der Waals surface area contributed by atoms with Crippen molar-refractivity contribution >= 4 is 11.8 Å². The smallest absolute Gasteiger partial charge is 0.314 e. The summed E-state index contributed by atoms with van der Waals surface area (Å²) < 4.78 is 0. The Hall–Kier alpha value is -0.146. The molecule has 0 aliphatic rings. The summed E-state index contributed by atoms with van der Waals surface area (Å²) in [6.45, 7) is 3.30. The van der Waals surface area contributed by atoms with Gasteiger partial charge in [-0.05, 0) is 13.3 Å². The van der Waals surface area contributed by atoms with Crippen molar-refractivity contribution in [2.45, 2.75) is 33.1 Å². The zero-order chi connectivity index (χ0) is 8.85. The number of unbranched alkanes of at least 4 members (excludes halogenated alkanes) is 1. The second kappa shape index (κ2) is 7.50. The first-order valence-corrected chi connectivity index (χ1v) is 3.82. The molecule has 0 radical (unpaired) electrons. The summed E-state index contributed by atoms with van der Waals surface area (Å²) >= 11 is 0. The van der Waals surface area contributed by atoms with Crippen LogP contribution in [0.2, 0.25) is 0 Å². The molecule has 0 saturated heterocycles. The monoisotopic (exact) mass is 206 g/mol. The van der Waals surface area contributed by atoms with Crippen molar-refractivity contribution in [1.82, 2.24) is 0 Å². The van der Waals surface area contributed by atoms with Gasteiger partial charge >= 0.3 is 5.97 Å². The van der Waals surface area contributed by atoms with Crippen molar-refractivity contribution in [2.24, 2.45) is 5.92 Å². The third-order valence-corrected chi connectivity index (χ3v) is 1.64. The number of aliphatic carboxylic acids is 1. The zero-order valence-electron chi connectivity index (χ0n) is 7.46. The maximum absolute atomic E-state index is 10.7. The van der Waals surface area contributed by atoms with Crippen LogP contribution in [0.3, 0.4) is 0 Å². The van der Waals surface area contributed by atoms with Crippen molar-refractivity contribution in [1.29, 1.82) is 0 Å². The maximum Gasteiger partial charge on any atom is 0.314 e. The van der Waals surface area contributed by atoms with Gasteiger partial charge < -0.3 is 5.11 Å². The number of Topliss-reactive ketones (excluding diaryl/α,β-unsaturated/α-hetero) is 1. The summed E-state index contributed by atoms with van der Waals surface area (Å²) in [5, 5.41) is 8.55. The molecule has 0 heterocycles. The molecule has 0 amide bonds. The predicted molar refractivity (Wildman–Crippen MR) is 41.3 cm³/mol. The molecule has 1 N–H and O–H groups in total. The number of carbonyl (C=O) groups excluding carboxylic acids is 1. The first-order chi connectivity index (χ1) is 5.09. The van der Waals surface area contributed by atoms with Gasteiger partial charge in [0.05, 0.1) is 0 Å². The van der Waals surface area contributed by atoms with Gasteiger partial charge in [-0.2, -0.15) is 0 Å².